The Balaban J connectivity index is 0.00000196. The van der Waals surface area contributed by atoms with Gasteiger partial charge in [-0.15, -0.1) is 12.4 Å². The van der Waals surface area contributed by atoms with Crippen molar-refractivity contribution in [2.45, 2.75) is 25.2 Å². The molecule has 3 nitrogen and oxygen atoms in total. The minimum absolute atomic E-state index is 0. The van der Waals surface area contributed by atoms with Crippen molar-refractivity contribution in [2.75, 3.05) is 20.2 Å². The van der Waals surface area contributed by atoms with Gasteiger partial charge in [-0.25, -0.2) is 8.78 Å². The summed E-state index contributed by atoms with van der Waals surface area (Å²) in [5, 5.41) is 2.89. The van der Waals surface area contributed by atoms with Gasteiger partial charge in [0.1, 0.15) is 0 Å². The van der Waals surface area contributed by atoms with Gasteiger partial charge in [-0.1, -0.05) is 0 Å². The second kappa shape index (κ2) is 6.23. The van der Waals surface area contributed by atoms with E-state index in [1.54, 1.807) is 0 Å². The Labute approximate surface area is 94.0 Å². The normalized spacial score (nSPS) is 24.9. The third kappa shape index (κ3) is 4.30. The average Bonchev–Trinajstić information content (AvgIpc) is 2.29. The number of halogens is 3. The van der Waals surface area contributed by atoms with Crippen molar-refractivity contribution >= 4 is 18.4 Å². The van der Waals surface area contributed by atoms with Crippen LogP contribution < -0.4 is 5.32 Å². The van der Waals surface area contributed by atoms with Crippen LogP contribution >= 0.6 is 12.4 Å². The number of carbonyl (C=O) groups is 1. The van der Waals surface area contributed by atoms with Crippen LogP contribution in [0, 0.1) is 5.92 Å². The number of ether oxygens (including phenoxy) is 1. The van der Waals surface area contributed by atoms with Gasteiger partial charge >= 0.3 is 5.97 Å². The van der Waals surface area contributed by atoms with Gasteiger partial charge in [-0.05, 0) is 13.0 Å². The molecule has 1 fully saturated rings. The van der Waals surface area contributed by atoms with Crippen LogP contribution in [0.2, 0.25) is 0 Å². The zero-order valence-electron chi connectivity index (χ0n) is 8.59. The quantitative estimate of drug-likeness (QED) is 0.749. The first-order valence-corrected chi connectivity index (χ1v) is 4.71. The smallest absolute Gasteiger partial charge is 0.306 e. The molecule has 1 rings (SSSR count). The number of nitrogens with one attached hydrogen (secondary N) is 1. The lowest BCUT2D eigenvalue weighted by atomic mass is 9.93. The van der Waals surface area contributed by atoms with Gasteiger partial charge < -0.3 is 10.1 Å². The second-order valence-electron chi connectivity index (χ2n) is 3.53. The van der Waals surface area contributed by atoms with Crippen LogP contribution in [0.3, 0.4) is 0 Å². The number of alkyl halides is 2. The van der Waals surface area contributed by atoms with Crippen LogP contribution in [0.15, 0.2) is 0 Å². The first-order chi connectivity index (χ1) is 6.56. The van der Waals surface area contributed by atoms with E-state index in [9.17, 15) is 13.6 Å². The predicted octanol–water partition coefficient (Wildman–Crippen LogP) is 1.61. The van der Waals surface area contributed by atoms with Crippen molar-refractivity contribution < 1.29 is 18.3 Å². The number of rotatable bonds is 2. The highest BCUT2D eigenvalue weighted by molar-refractivity contribution is 5.85. The summed E-state index contributed by atoms with van der Waals surface area (Å²) < 4.78 is 31.1. The molecule has 0 aromatic rings. The first-order valence-electron chi connectivity index (χ1n) is 4.71. The summed E-state index contributed by atoms with van der Waals surface area (Å²) in [5.74, 6) is -4.20. The van der Waals surface area contributed by atoms with Crippen LogP contribution in [-0.2, 0) is 9.53 Å². The standard InChI is InChI=1S/C9H15F2NO2.ClH/c1-14-8(13)6-7-2-4-12-5-3-9(7,10)11;/h7,12H,2-6H2,1H3;1H. The lowest BCUT2D eigenvalue weighted by Crippen LogP contribution is -2.30. The lowest BCUT2D eigenvalue weighted by molar-refractivity contribution is -0.146. The Bertz CT molecular complexity index is 214. The molecule has 1 atom stereocenters. The van der Waals surface area contributed by atoms with Gasteiger partial charge in [-0.3, -0.25) is 4.79 Å². The number of methoxy groups -OCH3 is 1. The summed E-state index contributed by atoms with van der Waals surface area (Å²) in [6, 6.07) is 0. The molecule has 0 radical (unpaired) electrons. The van der Waals surface area contributed by atoms with E-state index in [0.29, 0.717) is 19.5 Å². The molecule has 15 heavy (non-hydrogen) atoms. The van der Waals surface area contributed by atoms with Gasteiger partial charge in [-0.2, -0.15) is 0 Å². The molecule has 0 aromatic heterocycles. The Hall–Kier alpha value is -0.420. The van der Waals surface area contributed by atoms with Crippen LogP contribution in [0.4, 0.5) is 8.78 Å². The summed E-state index contributed by atoms with van der Waals surface area (Å²) in [6.45, 7) is 0.849. The number of hydrogen-bond donors (Lipinski definition) is 1. The molecule has 0 bridgehead atoms. The summed E-state index contributed by atoms with van der Waals surface area (Å²) in [6.07, 6.45) is -0.0675. The fourth-order valence-electron chi connectivity index (χ4n) is 1.61. The van der Waals surface area contributed by atoms with Crippen molar-refractivity contribution in [2.24, 2.45) is 5.92 Å². The van der Waals surface area contributed by atoms with E-state index in [2.05, 4.69) is 10.1 Å². The highest BCUT2D eigenvalue weighted by atomic mass is 35.5. The first kappa shape index (κ1) is 14.6. The average molecular weight is 244 g/mol. The van der Waals surface area contributed by atoms with E-state index in [4.69, 9.17) is 0 Å². The summed E-state index contributed by atoms with van der Waals surface area (Å²) in [4.78, 5) is 10.9. The van der Waals surface area contributed by atoms with Crippen molar-refractivity contribution in [3.63, 3.8) is 0 Å². The largest absolute Gasteiger partial charge is 0.469 e. The molecule has 1 aliphatic heterocycles. The fourth-order valence-corrected chi connectivity index (χ4v) is 1.61. The molecule has 1 saturated heterocycles. The zero-order chi connectivity index (χ0) is 10.6. The maximum absolute atomic E-state index is 13.4. The van der Waals surface area contributed by atoms with E-state index in [1.807, 2.05) is 0 Å². The highest BCUT2D eigenvalue weighted by Crippen LogP contribution is 2.34. The van der Waals surface area contributed by atoms with Crippen molar-refractivity contribution in [1.82, 2.24) is 5.32 Å². The molecule has 0 amide bonds. The molecular weight excluding hydrogens is 228 g/mol. The number of esters is 1. The molecule has 90 valence electrons. The van der Waals surface area contributed by atoms with Crippen LogP contribution in [0.5, 0.6) is 0 Å². The fraction of sp³-hybridized carbons (Fsp3) is 0.889. The molecule has 0 spiro atoms. The molecule has 1 aliphatic rings. The zero-order valence-corrected chi connectivity index (χ0v) is 9.41. The van der Waals surface area contributed by atoms with Crippen molar-refractivity contribution in [3.05, 3.63) is 0 Å². The Morgan fingerprint density at radius 3 is 2.80 bits per heavy atom. The Kier molecular flexibility index (Phi) is 6.05. The van der Waals surface area contributed by atoms with E-state index < -0.39 is 17.8 Å². The van der Waals surface area contributed by atoms with Crippen LogP contribution in [-0.4, -0.2) is 32.1 Å². The SMILES string of the molecule is COC(=O)CC1CCNCCC1(F)F.Cl. The van der Waals surface area contributed by atoms with Gasteiger partial charge in [0.15, 0.2) is 0 Å². The maximum atomic E-state index is 13.4. The maximum Gasteiger partial charge on any atom is 0.306 e. The molecule has 1 unspecified atom stereocenters. The molecule has 0 aliphatic carbocycles. The van der Waals surface area contributed by atoms with Crippen LogP contribution in [0.1, 0.15) is 19.3 Å². The third-order valence-electron chi connectivity index (χ3n) is 2.54. The van der Waals surface area contributed by atoms with E-state index in [0.717, 1.165) is 0 Å². The molecule has 6 heteroatoms. The molecule has 1 heterocycles. The Morgan fingerprint density at radius 2 is 2.20 bits per heavy atom. The lowest BCUT2D eigenvalue weighted by Gasteiger charge is -2.22. The summed E-state index contributed by atoms with van der Waals surface area (Å²) in [5.41, 5.74) is 0. The van der Waals surface area contributed by atoms with E-state index >= 15 is 0 Å². The molecule has 0 aromatic carbocycles. The van der Waals surface area contributed by atoms with Gasteiger partial charge in [0.05, 0.1) is 13.5 Å². The van der Waals surface area contributed by atoms with Gasteiger partial charge in [0, 0.05) is 18.9 Å². The minimum Gasteiger partial charge on any atom is -0.469 e. The summed E-state index contributed by atoms with van der Waals surface area (Å²) >= 11 is 0. The predicted molar refractivity (Wildman–Crippen MR) is 54.4 cm³/mol. The van der Waals surface area contributed by atoms with E-state index in [-0.39, 0.29) is 25.2 Å². The third-order valence-corrected chi connectivity index (χ3v) is 2.54. The summed E-state index contributed by atoms with van der Waals surface area (Å²) in [7, 11) is 1.22. The van der Waals surface area contributed by atoms with Crippen molar-refractivity contribution in [1.29, 1.82) is 0 Å². The van der Waals surface area contributed by atoms with Gasteiger partial charge in [0.2, 0.25) is 0 Å². The van der Waals surface area contributed by atoms with Crippen LogP contribution in [0.25, 0.3) is 0 Å². The molecule has 0 saturated carbocycles. The molecule has 1 N–H and O–H groups in total. The second-order valence-corrected chi connectivity index (χ2v) is 3.53. The number of hydrogen-bond acceptors (Lipinski definition) is 3. The Morgan fingerprint density at radius 1 is 1.53 bits per heavy atom. The van der Waals surface area contributed by atoms with Gasteiger partial charge in [0.25, 0.3) is 5.92 Å². The highest BCUT2D eigenvalue weighted by Gasteiger charge is 2.41. The van der Waals surface area contributed by atoms with E-state index in [1.165, 1.54) is 7.11 Å². The van der Waals surface area contributed by atoms with Crippen molar-refractivity contribution in [3.8, 4) is 0 Å². The topological polar surface area (TPSA) is 38.3 Å². The number of carbonyl (C=O) groups excluding carboxylic acids is 1. The molecular formula is C9H16ClF2NO2. The minimum atomic E-state index is -2.75. The monoisotopic (exact) mass is 243 g/mol.